The van der Waals surface area contributed by atoms with E-state index in [1.807, 2.05) is 0 Å². The van der Waals surface area contributed by atoms with E-state index in [0.29, 0.717) is 6.61 Å². The van der Waals surface area contributed by atoms with Gasteiger partial charge in [0, 0.05) is 13.2 Å². The van der Waals surface area contributed by atoms with Crippen molar-refractivity contribution in [1.82, 2.24) is 5.48 Å². The molecule has 0 aliphatic heterocycles. The molecular formula is C71H145NO2. The Bertz CT molecular complexity index is 837. The summed E-state index contributed by atoms with van der Waals surface area (Å²) in [5, 5.41) is 17.4. The second-order valence-corrected chi connectivity index (χ2v) is 25.0. The standard InChI is InChI=1S/C71H145NO2/c73-71-69-67-65-63-61-59-57-55-53-51-49-47-45-43-41-39-37-35-33-31-29-27-25-23-21-19-17-15-13-11-9-7-5-3-1-2-4-6-8-10-12-14-16-18-20-22-24-26-28-30-32-34-36-38-40-42-44-46-48-50-52-54-56-58-60-62-64-66-68-70-72-74/h72-74H,1-71H2. The van der Waals surface area contributed by atoms with Crippen LogP contribution in [0, 0.1) is 0 Å². The molecule has 0 rings (SSSR count). The molecule has 3 N–H and O–H groups in total. The van der Waals surface area contributed by atoms with Crippen LogP contribution in [0.3, 0.4) is 0 Å². The average molecular weight is 1040 g/mol. The van der Waals surface area contributed by atoms with Gasteiger partial charge < -0.3 is 10.3 Å². The van der Waals surface area contributed by atoms with Gasteiger partial charge in [0.05, 0.1) is 0 Å². The first-order chi connectivity index (χ1) is 36.9. The van der Waals surface area contributed by atoms with Crippen LogP contribution in [0.25, 0.3) is 0 Å². The summed E-state index contributed by atoms with van der Waals surface area (Å²) in [5.41, 5.74) is 2.26. The molecule has 0 unspecified atom stereocenters. The minimum absolute atomic E-state index is 0.374. The summed E-state index contributed by atoms with van der Waals surface area (Å²) in [6.45, 7) is 1.12. The van der Waals surface area contributed by atoms with E-state index < -0.39 is 0 Å². The fourth-order valence-electron chi connectivity index (χ4n) is 12.2. The molecule has 446 valence electrons. The molecule has 3 heteroatoms. The van der Waals surface area contributed by atoms with Gasteiger partial charge >= 0.3 is 0 Å². The monoisotopic (exact) mass is 1040 g/mol. The summed E-state index contributed by atoms with van der Waals surface area (Å²) in [6.07, 6.45) is 100. The number of aliphatic hydroxyl groups is 1. The van der Waals surface area contributed by atoms with Crippen LogP contribution >= 0.6 is 0 Å². The summed E-state index contributed by atoms with van der Waals surface area (Å²) >= 11 is 0. The van der Waals surface area contributed by atoms with Crippen molar-refractivity contribution in [3.8, 4) is 0 Å². The van der Waals surface area contributed by atoms with Gasteiger partial charge in [-0.2, -0.15) is 0 Å². The van der Waals surface area contributed by atoms with Gasteiger partial charge in [-0.05, 0) is 12.8 Å². The first-order valence-corrected chi connectivity index (χ1v) is 35.9. The smallest absolute Gasteiger partial charge is 0.0431 e. The van der Waals surface area contributed by atoms with Gasteiger partial charge in [-0.25, -0.2) is 5.48 Å². The Morgan fingerprint density at radius 3 is 0.284 bits per heavy atom. The van der Waals surface area contributed by atoms with Gasteiger partial charge in [0.1, 0.15) is 0 Å². The van der Waals surface area contributed by atoms with Crippen molar-refractivity contribution in [2.24, 2.45) is 0 Å². The molecule has 0 aliphatic rings. The van der Waals surface area contributed by atoms with E-state index in [9.17, 15) is 0 Å². The van der Waals surface area contributed by atoms with Gasteiger partial charge in [-0.3, -0.25) is 0 Å². The molecule has 0 aliphatic carbocycles. The second kappa shape index (κ2) is 72.9. The van der Waals surface area contributed by atoms with Crippen LogP contribution in [0.15, 0.2) is 0 Å². The van der Waals surface area contributed by atoms with E-state index in [0.717, 1.165) is 19.4 Å². The summed E-state index contributed by atoms with van der Waals surface area (Å²) in [7, 11) is 0. The Kier molecular flexibility index (Phi) is 72.8. The van der Waals surface area contributed by atoms with Gasteiger partial charge in [0.25, 0.3) is 0 Å². The topological polar surface area (TPSA) is 52.5 Å². The Balaban J connectivity index is 3.07. The van der Waals surface area contributed by atoms with E-state index in [4.69, 9.17) is 10.3 Å². The fourth-order valence-corrected chi connectivity index (χ4v) is 12.2. The molecule has 0 aromatic carbocycles. The lowest BCUT2D eigenvalue weighted by atomic mass is 10.0. The highest BCUT2D eigenvalue weighted by atomic mass is 16.5. The van der Waals surface area contributed by atoms with Crippen LogP contribution in [-0.2, 0) is 0 Å². The molecule has 0 spiro atoms. The van der Waals surface area contributed by atoms with Gasteiger partial charge in [0.15, 0.2) is 0 Å². The Labute approximate surface area is 469 Å². The minimum atomic E-state index is 0.374. The number of unbranched alkanes of at least 4 members (excludes halogenated alkanes) is 68. The maximum Gasteiger partial charge on any atom is 0.0431 e. The third-order valence-corrected chi connectivity index (χ3v) is 17.4. The normalized spacial score (nSPS) is 11.8. The van der Waals surface area contributed by atoms with Crippen molar-refractivity contribution >= 4 is 0 Å². The molecule has 0 aromatic rings. The van der Waals surface area contributed by atoms with Gasteiger partial charge in [-0.15, -0.1) is 0 Å². The second-order valence-electron chi connectivity index (χ2n) is 25.0. The van der Waals surface area contributed by atoms with Crippen molar-refractivity contribution in [2.45, 2.75) is 443 Å². The largest absolute Gasteiger partial charge is 0.396 e. The van der Waals surface area contributed by atoms with Crippen LogP contribution in [0.2, 0.25) is 0 Å². The van der Waals surface area contributed by atoms with E-state index in [2.05, 4.69) is 5.48 Å². The summed E-state index contributed by atoms with van der Waals surface area (Å²) in [6, 6.07) is 0. The maximum absolute atomic E-state index is 8.84. The van der Waals surface area contributed by atoms with Crippen molar-refractivity contribution < 1.29 is 10.3 Å². The van der Waals surface area contributed by atoms with Gasteiger partial charge in [0.2, 0.25) is 0 Å². The molecule has 0 atom stereocenters. The number of hydrogen-bond donors (Lipinski definition) is 3. The minimum Gasteiger partial charge on any atom is -0.396 e. The van der Waals surface area contributed by atoms with Crippen LogP contribution in [0.5, 0.6) is 0 Å². The molecule has 0 bridgehead atoms. The SMILES string of the molecule is OCCCCCCCCCCCCCCCCCCCCCCCCCCCCCCCCCCCCCCCCCCCCCCCCCCCCCCCCCCCCCCCCCCCCCCCNO. The lowest BCUT2D eigenvalue weighted by Gasteiger charge is -2.05. The quantitative estimate of drug-likeness (QED) is 0.0420. The molecular weight excluding hydrogens is 899 g/mol. The summed E-state index contributed by atoms with van der Waals surface area (Å²) < 4.78 is 0. The van der Waals surface area contributed by atoms with E-state index in [1.54, 1.807) is 0 Å². The molecule has 0 radical (unpaired) electrons. The molecule has 0 aromatic heterocycles. The average Bonchev–Trinajstić information content (AvgIpc) is 3.41. The predicted octanol–water partition coefficient (Wildman–Crippen LogP) is 25.9. The maximum atomic E-state index is 8.84. The summed E-state index contributed by atoms with van der Waals surface area (Å²) in [5.74, 6) is 0. The highest BCUT2D eigenvalue weighted by molar-refractivity contribution is 4.57. The predicted molar refractivity (Wildman–Crippen MR) is 335 cm³/mol. The lowest BCUT2D eigenvalue weighted by molar-refractivity contribution is 0.164. The van der Waals surface area contributed by atoms with Crippen LogP contribution < -0.4 is 5.48 Å². The van der Waals surface area contributed by atoms with Crippen molar-refractivity contribution in [1.29, 1.82) is 0 Å². The molecule has 0 heterocycles. The molecule has 0 saturated carbocycles. The van der Waals surface area contributed by atoms with Crippen molar-refractivity contribution in [3.05, 3.63) is 0 Å². The highest BCUT2D eigenvalue weighted by Gasteiger charge is 2.01. The Morgan fingerprint density at radius 2 is 0.203 bits per heavy atom. The Hall–Kier alpha value is -0.120. The number of hydroxylamine groups is 1. The summed E-state index contributed by atoms with van der Waals surface area (Å²) in [4.78, 5) is 0. The number of aliphatic hydroxyl groups excluding tert-OH is 1. The van der Waals surface area contributed by atoms with Crippen LogP contribution in [0.1, 0.15) is 443 Å². The fraction of sp³-hybridized carbons (Fsp3) is 1.00. The molecule has 3 nitrogen and oxygen atoms in total. The van der Waals surface area contributed by atoms with E-state index in [1.165, 1.54) is 430 Å². The number of nitrogens with one attached hydrogen (secondary N) is 1. The molecule has 0 fully saturated rings. The number of hydrogen-bond acceptors (Lipinski definition) is 3. The first-order valence-electron chi connectivity index (χ1n) is 35.9. The van der Waals surface area contributed by atoms with Crippen molar-refractivity contribution in [3.63, 3.8) is 0 Å². The first kappa shape index (κ1) is 73.9. The zero-order valence-corrected chi connectivity index (χ0v) is 51.6. The zero-order chi connectivity index (χ0) is 52.9. The van der Waals surface area contributed by atoms with Crippen molar-refractivity contribution in [2.75, 3.05) is 13.2 Å². The van der Waals surface area contributed by atoms with Crippen LogP contribution in [0.4, 0.5) is 0 Å². The van der Waals surface area contributed by atoms with E-state index in [-0.39, 0.29) is 0 Å². The third-order valence-electron chi connectivity index (χ3n) is 17.4. The van der Waals surface area contributed by atoms with E-state index >= 15 is 0 Å². The van der Waals surface area contributed by atoms with Crippen LogP contribution in [-0.4, -0.2) is 23.5 Å². The van der Waals surface area contributed by atoms with Gasteiger partial charge in [-0.1, -0.05) is 430 Å². The molecule has 0 amide bonds. The Morgan fingerprint density at radius 1 is 0.122 bits per heavy atom. The third kappa shape index (κ3) is 71.9. The molecule has 74 heavy (non-hydrogen) atoms. The lowest BCUT2D eigenvalue weighted by Crippen LogP contribution is -2.07. The number of rotatable bonds is 71. The molecule has 0 saturated heterocycles. The highest BCUT2D eigenvalue weighted by Crippen LogP contribution is 2.21. The zero-order valence-electron chi connectivity index (χ0n) is 51.6.